The third-order valence-corrected chi connectivity index (χ3v) is 6.40. The van der Waals surface area contributed by atoms with Crippen LogP contribution in [0.2, 0.25) is 0 Å². The highest BCUT2D eigenvalue weighted by Crippen LogP contribution is 2.31. The Morgan fingerprint density at radius 2 is 2.00 bits per heavy atom. The van der Waals surface area contributed by atoms with Crippen LogP contribution in [0.4, 0.5) is 8.78 Å². The number of benzene rings is 1. The first-order valence-electron chi connectivity index (χ1n) is 10.9. The molecule has 2 N–H and O–H groups in total. The van der Waals surface area contributed by atoms with Crippen LogP contribution in [0.1, 0.15) is 53.6 Å². The molecule has 2 aromatic rings. The van der Waals surface area contributed by atoms with Gasteiger partial charge in [-0.3, -0.25) is 19.3 Å². The number of pyridine rings is 1. The molecule has 2 aliphatic heterocycles. The van der Waals surface area contributed by atoms with Crippen molar-refractivity contribution < 1.29 is 23.5 Å². The minimum atomic E-state index is -0.976. The zero-order valence-corrected chi connectivity index (χ0v) is 18.6. The first kappa shape index (κ1) is 22.9. The molecule has 2 amide bonds. The topological polar surface area (TPSA) is 94.9 Å². The van der Waals surface area contributed by atoms with Gasteiger partial charge in [-0.25, -0.2) is 8.78 Å². The number of rotatable bonds is 4. The summed E-state index contributed by atoms with van der Waals surface area (Å²) in [5.41, 5.74) is -1.44. The standard InChI is InChI=1S/C23H26F2N4O4/c1-12(2)28-7-6-13(3)29-18(28)11-27-10-16(20(30)21(31)19(27)23(29)33)22(32)26-9-14-4-5-15(24)8-17(14)25/h4-5,8,10,12-13,18,31H,6-7,9,11H2,1-3H3,(H,26,32)/t13-,18-/m0/s1. The SMILES string of the molecule is CC(C)N1CC[C@H](C)N2C(=O)c3c(O)c(=O)c(C(=O)NCc4ccc(F)cc4F)cn3C[C@@H]12. The van der Waals surface area contributed by atoms with Crippen LogP contribution in [-0.2, 0) is 13.1 Å². The van der Waals surface area contributed by atoms with E-state index in [2.05, 4.69) is 10.2 Å². The van der Waals surface area contributed by atoms with E-state index in [1.807, 2.05) is 20.8 Å². The molecular formula is C23H26F2N4O4. The maximum absolute atomic E-state index is 13.9. The number of hydrogen-bond acceptors (Lipinski definition) is 5. The minimum absolute atomic E-state index is 0.0432. The average Bonchev–Trinajstić information content (AvgIpc) is 2.75. The van der Waals surface area contributed by atoms with Gasteiger partial charge in [0, 0.05) is 43.0 Å². The number of aromatic nitrogens is 1. The van der Waals surface area contributed by atoms with E-state index in [9.17, 15) is 28.3 Å². The second kappa shape index (κ2) is 8.58. The lowest BCUT2D eigenvalue weighted by Gasteiger charge is -2.51. The monoisotopic (exact) mass is 460 g/mol. The Morgan fingerprint density at radius 3 is 2.67 bits per heavy atom. The number of amides is 2. The summed E-state index contributed by atoms with van der Waals surface area (Å²) in [6.07, 6.45) is 1.76. The third kappa shape index (κ3) is 3.99. The maximum Gasteiger partial charge on any atom is 0.276 e. The zero-order valence-electron chi connectivity index (χ0n) is 18.6. The highest BCUT2D eigenvalue weighted by atomic mass is 19.1. The Kier molecular flexibility index (Phi) is 5.96. The number of aromatic hydroxyl groups is 1. The number of carbonyl (C=O) groups excluding carboxylic acids is 2. The van der Waals surface area contributed by atoms with E-state index in [4.69, 9.17) is 0 Å². The molecule has 176 valence electrons. The lowest BCUT2D eigenvalue weighted by atomic mass is 10.0. The van der Waals surface area contributed by atoms with E-state index in [1.165, 1.54) is 16.8 Å². The predicted octanol–water partition coefficient (Wildman–Crippen LogP) is 2.05. The number of carbonyl (C=O) groups is 2. The molecule has 10 heteroatoms. The highest BCUT2D eigenvalue weighted by Gasteiger charge is 2.44. The molecule has 1 saturated heterocycles. The minimum Gasteiger partial charge on any atom is -0.503 e. The molecule has 0 spiro atoms. The quantitative estimate of drug-likeness (QED) is 0.728. The molecule has 3 heterocycles. The van der Waals surface area contributed by atoms with E-state index < -0.39 is 34.6 Å². The molecule has 0 saturated carbocycles. The van der Waals surface area contributed by atoms with Gasteiger partial charge in [0.1, 0.15) is 23.4 Å². The molecule has 0 radical (unpaired) electrons. The van der Waals surface area contributed by atoms with Crippen molar-refractivity contribution in [3.8, 4) is 5.75 Å². The van der Waals surface area contributed by atoms with Gasteiger partial charge in [-0.1, -0.05) is 6.07 Å². The van der Waals surface area contributed by atoms with Gasteiger partial charge >= 0.3 is 0 Å². The van der Waals surface area contributed by atoms with Gasteiger partial charge in [-0.2, -0.15) is 0 Å². The zero-order chi connectivity index (χ0) is 24.0. The second-order valence-electron chi connectivity index (χ2n) is 8.80. The van der Waals surface area contributed by atoms with Crippen LogP contribution in [0.5, 0.6) is 5.75 Å². The summed E-state index contributed by atoms with van der Waals surface area (Å²) in [6.45, 7) is 6.80. The fourth-order valence-corrected chi connectivity index (χ4v) is 4.62. The van der Waals surface area contributed by atoms with E-state index in [-0.39, 0.29) is 48.2 Å². The third-order valence-electron chi connectivity index (χ3n) is 6.40. The summed E-state index contributed by atoms with van der Waals surface area (Å²) in [6, 6.07) is 3.06. The smallest absolute Gasteiger partial charge is 0.276 e. The van der Waals surface area contributed by atoms with Crippen molar-refractivity contribution in [1.82, 2.24) is 19.7 Å². The van der Waals surface area contributed by atoms with Crippen molar-refractivity contribution in [2.24, 2.45) is 0 Å². The molecule has 0 bridgehead atoms. The van der Waals surface area contributed by atoms with Crippen LogP contribution in [-0.4, -0.2) is 56.1 Å². The van der Waals surface area contributed by atoms with Gasteiger partial charge in [-0.05, 0) is 33.3 Å². The summed E-state index contributed by atoms with van der Waals surface area (Å²) in [5.74, 6) is -3.65. The average molecular weight is 460 g/mol. The van der Waals surface area contributed by atoms with Crippen molar-refractivity contribution in [3.05, 3.63) is 63.1 Å². The van der Waals surface area contributed by atoms with Crippen LogP contribution in [0, 0.1) is 11.6 Å². The van der Waals surface area contributed by atoms with Crippen LogP contribution in [0.3, 0.4) is 0 Å². The van der Waals surface area contributed by atoms with Gasteiger partial charge in [0.05, 0.1) is 6.54 Å². The Bertz CT molecular complexity index is 1180. The van der Waals surface area contributed by atoms with Gasteiger partial charge < -0.3 is 19.9 Å². The van der Waals surface area contributed by atoms with Gasteiger partial charge in [0.2, 0.25) is 5.43 Å². The highest BCUT2D eigenvalue weighted by molar-refractivity contribution is 5.99. The fraction of sp³-hybridized carbons (Fsp3) is 0.435. The van der Waals surface area contributed by atoms with E-state index >= 15 is 0 Å². The molecule has 1 aromatic carbocycles. The van der Waals surface area contributed by atoms with Crippen molar-refractivity contribution >= 4 is 11.8 Å². The van der Waals surface area contributed by atoms with Crippen molar-refractivity contribution in [1.29, 1.82) is 0 Å². The van der Waals surface area contributed by atoms with Crippen LogP contribution < -0.4 is 10.7 Å². The first-order chi connectivity index (χ1) is 15.6. The van der Waals surface area contributed by atoms with E-state index in [0.29, 0.717) is 6.07 Å². The molecule has 4 rings (SSSR count). The molecule has 33 heavy (non-hydrogen) atoms. The Balaban J connectivity index is 1.66. The summed E-state index contributed by atoms with van der Waals surface area (Å²) in [5, 5.41) is 13.0. The lowest BCUT2D eigenvalue weighted by molar-refractivity contribution is -0.0454. The Hall–Kier alpha value is -3.27. The molecule has 8 nitrogen and oxygen atoms in total. The molecular weight excluding hydrogens is 434 g/mol. The normalized spacial score (nSPS) is 20.5. The lowest BCUT2D eigenvalue weighted by Crippen LogP contribution is -2.65. The second-order valence-corrected chi connectivity index (χ2v) is 8.80. The summed E-state index contributed by atoms with van der Waals surface area (Å²) < 4.78 is 28.4. The molecule has 1 fully saturated rings. The van der Waals surface area contributed by atoms with Crippen molar-refractivity contribution in [2.45, 2.75) is 58.5 Å². The maximum atomic E-state index is 13.9. The summed E-state index contributed by atoms with van der Waals surface area (Å²) >= 11 is 0. The van der Waals surface area contributed by atoms with Crippen LogP contribution in [0.15, 0.2) is 29.2 Å². The number of fused-ring (bicyclic) bond motifs is 2. The van der Waals surface area contributed by atoms with Gasteiger partial charge in [0.25, 0.3) is 11.8 Å². The molecule has 2 atom stereocenters. The number of nitrogens with zero attached hydrogens (tertiary/aromatic N) is 3. The molecule has 0 unspecified atom stereocenters. The molecule has 2 aliphatic rings. The number of halogens is 2. The van der Waals surface area contributed by atoms with Gasteiger partial charge in [0.15, 0.2) is 11.4 Å². The Labute approximate surface area is 189 Å². The predicted molar refractivity (Wildman–Crippen MR) is 116 cm³/mol. The van der Waals surface area contributed by atoms with Crippen molar-refractivity contribution in [3.63, 3.8) is 0 Å². The Morgan fingerprint density at radius 1 is 1.27 bits per heavy atom. The van der Waals surface area contributed by atoms with E-state index in [1.54, 1.807) is 4.90 Å². The molecule has 1 aromatic heterocycles. The summed E-state index contributed by atoms with van der Waals surface area (Å²) in [4.78, 5) is 42.6. The van der Waals surface area contributed by atoms with Crippen molar-refractivity contribution in [2.75, 3.05) is 6.54 Å². The fourth-order valence-electron chi connectivity index (χ4n) is 4.62. The first-order valence-corrected chi connectivity index (χ1v) is 10.9. The largest absolute Gasteiger partial charge is 0.503 e. The number of hydrogen-bond donors (Lipinski definition) is 2. The van der Waals surface area contributed by atoms with Crippen LogP contribution >= 0.6 is 0 Å². The summed E-state index contributed by atoms with van der Waals surface area (Å²) in [7, 11) is 0. The van der Waals surface area contributed by atoms with Crippen LogP contribution in [0.25, 0.3) is 0 Å². The number of nitrogens with one attached hydrogen (secondary N) is 1. The molecule has 0 aliphatic carbocycles. The van der Waals surface area contributed by atoms with E-state index in [0.717, 1.165) is 19.0 Å². The van der Waals surface area contributed by atoms with Gasteiger partial charge in [-0.15, -0.1) is 0 Å².